The van der Waals surface area contributed by atoms with Crippen LogP contribution in [0.2, 0.25) is 0 Å². The monoisotopic (exact) mass is 429 g/mol. The number of aromatic nitrogens is 1. The Morgan fingerprint density at radius 2 is 1.72 bits per heavy atom. The largest absolute Gasteiger partial charge is 1.00 e. The molecule has 0 radical (unpaired) electrons. The fourth-order valence-electron chi connectivity index (χ4n) is 3.81. The molecule has 7 heteroatoms. The molecule has 5 nitrogen and oxygen atoms in total. The van der Waals surface area contributed by atoms with Gasteiger partial charge in [0.2, 0.25) is 19.3 Å². The van der Waals surface area contributed by atoms with Crippen LogP contribution in [0.1, 0.15) is 5.56 Å². The maximum Gasteiger partial charge on any atom is 0.231 e. The highest BCUT2D eigenvalue weighted by Gasteiger charge is 2.29. The summed E-state index contributed by atoms with van der Waals surface area (Å²) in [5.74, 6) is 4.13. The molecule has 6 rings (SSSR count). The predicted octanol–water partition coefficient (Wildman–Crippen LogP) is 0.914. The summed E-state index contributed by atoms with van der Waals surface area (Å²) in [5.41, 5.74) is 3.71. The van der Waals surface area contributed by atoms with Crippen molar-refractivity contribution in [3.63, 3.8) is 0 Å². The van der Waals surface area contributed by atoms with Crippen molar-refractivity contribution in [3.05, 3.63) is 54.7 Å². The predicted molar refractivity (Wildman–Crippen MR) is 110 cm³/mol. The van der Waals surface area contributed by atoms with Crippen molar-refractivity contribution in [2.24, 2.45) is 0 Å². The Bertz CT molecular complexity index is 1100. The number of benzene rings is 2. The lowest BCUT2D eigenvalue weighted by atomic mass is 9.95. The van der Waals surface area contributed by atoms with Crippen LogP contribution in [0.4, 0.5) is 0 Å². The summed E-state index contributed by atoms with van der Waals surface area (Å²) in [4.78, 5) is 0. The van der Waals surface area contributed by atoms with Crippen molar-refractivity contribution in [1.82, 2.24) is 0 Å². The van der Waals surface area contributed by atoms with E-state index in [0.29, 0.717) is 13.6 Å². The van der Waals surface area contributed by atoms with E-state index in [1.54, 1.807) is 6.08 Å². The Balaban J connectivity index is 0.000000379. The number of rotatable bonds is 1. The minimum Gasteiger partial charge on any atom is -1.00 e. The fraction of sp³-hybridized carbons (Fsp3) is 0.227. The first kappa shape index (κ1) is 19.7. The third-order valence-corrected chi connectivity index (χ3v) is 5.38. The molecule has 29 heavy (non-hydrogen) atoms. The van der Waals surface area contributed by atoms with Gasteiger partial charge >= 0.3 is 0 Å². The average Bonchev–Trinajstić information content (AvgIpc) is 3.40. The minimum absolute atomic E-state index is 0. The number of halogens is 1. The summed E-state index contributed by atoms with van der Waals surface area (Å²) in [6.45, 7) is 4.93. The molecule has 150 valence electrons. The second kappa shape index (κ2) is 8.05. The first-order valence-electron chi connectivity index (χ1n) is 9.19. The topological polar surface area (TPSA) is 40.8 Å². The maximum atomic E-state index is 5.66. The van der Waals surface area contributed by atoms with Crippen molar-refractivity contribution in [2.75, 3.05) is 19.3 Å². The van der Waals surface area contributed by atoms with Crippen molar-refractivity contribution >= 4 is 23.4 Å². The van der Waals surface area contributed by atoms with Crippen LogP contribution < -0.4 is 35.9 Å². The van der Waals surface area contributed by atoms with Crippen LogP contribution in [0, 0.1) is 0 Å². The van der Waals surface area contributed by atoms with Gasteiger partial charge < -0.3 is 31.4 Å². The van der Waals surface area contributed by atoms with Crippen LogP contribution in [0.25, 0.3) is 22.0 Å². The van der Waals surface area contributed by atoms with Crippen molar-refractivity contribution in [1.29, 1.82) is 0 Å². The van der Waals surface area contributed by atoms with Gasteiger partial charge in [-0.15, -0.1) is 6.58 Å². The lowest BCUT2D eigenvalue weighted by molar-refractivity contribution is -0.686. The second-order valence-corrected chi connectivity index (χ2v) is 7.10. The van der Waals surface area contributed by atoms with Gasteiger partial charge in [0.05, 0.1) is 10.9 Å². The number of hydrogen-bond acceptors (Lipinski definition) is 5. The molecule has 3 aliphatic heterocycles. The number of pyridine rings is 1. The maximum absolute atomic E-state index is 5.66. The summed E-state index contributed by atoms with van der Waals surface area (Å²) in [6, 6.07) is 10.5. The van der Waals surface area contributed by atoms with Crippen molar-refractivity contribution in [3.8, 4) is 34.3 Å². The molecule has 4 heterocycles. The molecule has 0 aliphatic carbocycles. The Morgan fingerprint density at radius 3 is 2.52 bits per heavy atom. The Hall–Kier alpha value is -2.57. The van der Waals surface area contributed by atoms with E-state index in [9.17, 15) is 0 Å². The van der Waals surface area contributed by atoms with E-state index in [-0.39, 0.29) is 12.4 Å². The van der Waals surface area contributed by atoms with Crippen LogP contribution >= 0.6 is 12.6 Å². The average molecular weight is 430 g/mol. The molecule has 0 fully saturated rings. The summed E-state index contributed by atoms with van der Waals surface area (Å²) in [5, 5.41) is 2.24. The van der Waals surface area contributed by atoms with Gasteiger partial charge in [-0.05, 0) is 35.2 Å². The van der Waals surface area contributed by atoms with Gasteiger partial charge in [-0.1, -0.05) is 6.08 Å². The number of ether oxygens (including phenoxy) is 4. The summed E-state index contributed by atoms with van der Waals surface area (Å²) in [7, 11) is 0. The first-order valence-corrected chi connectivity index (χ1v) is 9.82. The van der Waals surface area contributed by atoms with Crippen LogP contribution in [0.3, 0.4) is 0 Å². The van der Waals surface area contributed by atoms with Crippen LogP contribution in [0.15, 0.2) is 49.2 Å². The Labute approximate surface area is 180 Å². The van der Waals surface area contributed by atoms with Gasteiger partial charge in [0.25, 0.3) is 0 Å². The number of fused-ring (bicyclic) bond motifs is 7. The zero-order valence-electron chi connectivity index (χ0n) is 15.7. The van der Waals surface area contributed by atoms with Crippen molar-refractivity contribution in [2.45, 2.75) is 13.0 Å². The van der Waals surface area contributed by atoms with E-state index in [2.05, 4.69) is 54.2 Å². The summed E-state index contributed by atoms with van der Waals surface area (Å²) >= 11 is 3.80. The zero-order valence-corrected chi connectivity index (χ0v) is 17.3. The molecule has 0 saturated heterocycles. The molecule has 0 spiro atoms. The van der Waals surface area contributed by atoms with Gasteiger partial charge in [0, 0.05) is 18.2 Å². The standard InChI is InChI=1S/C19H14NO4.C3H6S.ClH/c1-2-16-19(24-10-21-16)14-8-20-4-3-12-6-17-18(23-9-22-17)7-13(12)15(20)5-11(1)14;1-2-3-4;/h1-2,5-8H,3-4,9-10H2;2,4H,1,3H2;1H/q+1;;/p-1. The second-order valence-electron chi connectivity index (χ2n) is 6.74. The third-order valence-electron chi connectivity index (χ3n) is 5.12. The van der Waals surface area contributed by atoms with E-state index in [1.807, 2.05) is 6.07 Å². The molecule has 0 saturated carbocycles. The van der Waals surface area contributed by atoms with Gasteiger partial charge in [-0.25, -0.2) is 0 Å². The van der Waals surface area contributed by atoms with Crippen LogP contribution in [-0.2, 0) is 13.0 Å². The normalized spacial score (nSPS) is 14.2. The third kappa shape index (κ3) is 3.36. The first-order chi connectivity index (χ1) is 13.8. The molecule has 0 unspecified atom stereocenters. The number of hydrogen-bond donors (Lipinski definition) is 1. The highest BCUT2D eigenvalue weighted by Crippen LogP contribution is 2.42. The molecular formula is C22H20ClNO4S. The number of aryl methyl sites for hydroxylation is 2. The Kier molecular flexibility index (Phi) is 5.48. The van der Waals surface area contributed by atoms with Gasteiger partial charge in [0.1, 0.15) is 0 Å². The van der Waals surface area contributed by atoms with Crippen LogP contribution in [-0.4, -0.2) is 19.3 Å². The zero-order chi connectivity index (χ0) is 19.1. The highest BCUT2D eigenvalue weighted by molar-refractivity contribution is 7.80. The summed E-state index contributed by atoms with van der Waals surface area (Å²) < 4.78 is 24.5. The molecular weight excluding hydrogens is 410 g/mol. The van der Waals surface area contributed by atoms with E-state index < -0.39 is 0 Å². The molecule has 3 aromatic rings. The molecule has 0 amide bonds. The number of thiol groups is 1. The van der Waals surface area contributed by atoms with Crippen molar-refractivity contribution < 1.29 is 35.9 Å². The van der Waals surface area contributed by atoms with E-state index in [0.717, 1.165) is 52.5 Å². The molecule has 2 aromatic carbocycles. The Morgan fingerprint density at radius 1 is 1.00 bits per heavy atom. The van der Waals surface area contributed by atoms with Gasteiger partial charge in [-0.3, -0.25) is 0 Å². The SMILES string of the molecule is C=CCS.[Cl-].c1c2c(cc3c1OCO3)-c1cc3ccc4c(c3c[n+]1CC2)OCO4. The highest BCUT2D eigenvalue weighted by atomic mass is 35.5. The lowest BCUT2D eigenvalue weighted by Crippen LogP contribution is -3.00. The molecule has 0 N–H and O–H groups in total. The molecule has 0 atom stereocenters. The number of nitrogens with zero attached hydrogens (tertiary/aromatic N) is 1. The van der Waals surface area contributed by atoms with E-state index >= 15 is 0 Å². The smallest absolute Gasteiger partial charge is 0.231 e. The lowest BCUT2D eigenvalue weighted by Gasteiger charge is -2.16. The minimum atomic E-state index is 0. The summed E-state index contributed by atoms with van der Waals surface area (Å²) in [6.07, 6.45) is 4.89. The molecule has 1 aromatic heterocycles. The van der Waals surface area contributed by atoms with E-state index in [4.69, 9.17) is 18.9 Å². The quantitative estimate of drug-likeness (QED) is 0.355. The fourth-order valence-corrected chi connectivity index (χ4v) is 3.81. The molecule has 0 bridgehead atoms. The molecule has 3 aliphatic rings. The van der Waals surface area contributed by atoms with Gasteiger partial charge in [0.15, 0.2) is 35.7 Å². The van der Waals surface area contributed by atoms with Crippen LogP contribution in [0.5, 0.6) is 23.0 Å². The van der Waals surface area contributed by atoms with Gasteiger partial charge in [-0.2, -0.15) is 17.2 Å². The van der Waals surface area contributed by atoms with E-state index in [1.165, 1.54) is 16.8 Å².